The van der Waals surface area contributed by atoms with Crippen molar-refractivity contribution in [3.05, 3.63) is 78.4 Å². The third-order valence-corrected chi connectivity index (χ3v) is 4.69. The second-order valence-corrected chi connectivity index (χ2v) is 6.40. The monoisotopic (exact) mass is 362 g/mol. The van der Waals surface area contributed by atoms with Gasteiger partial charge < -0.3 is 4.90 Å². The lowest BCUT2D eigenvalue weighted by atomic mass is 10.0. The van der Waals surface area contributed by atoms with E-state index in [1.54, 1.807) is 35.1 Å². The van der Waals surface area contributed by atoms with E-state index in [1.807, 2.05) is 49.4 Å². The Balaban J connectivity index is 1.58. The second kappa shape index (κ2) is 8.40. The molecule has 138 valence electrons. The van der Waals surface area contributed by atoms with Gasteiger partial charge in [-0.15, -0.1) is 0 Å². The maximum Gasteiger partial charge on any atom is 0.223 e. The van der Waals surface area contributed by atoms with Gasteiger partial charge in [0.15, 0.2) is 5.78 Å². The average Bonchev–Trinajstić information content (AvgIpc) is 3.26. The highest BCUT2D eigenvalue weighted by Gasteiger charge is 2.18. The largest absolute Gasteiger partial charge is 0.339 e. The van der Waals surface area contributed by atoms with Crippen LogP contribution in [-0.2, 0) is 4.79 Å². The van der Waals surface area contributed by atoms with Crippen LogP contribution in [0.2, 0.25) is 0 Å². The molecule has 0 spiro atoms. The number of rotatable bonds is 7. The number of amides is 1. The van der Waals surface area contributed by atoms with Crippen molar-refractivity contribution >= 4 is 11.7 Å². The van der Waals surface area contributed by atoms with Crippen molar-refractivity contribution in [2.75, 3.05) is 7.05 Å². The van der Waals surface area contributed by atoms with Crippen LogP contribution in [0.3, 0.4) is 0 Å². The lowest BCUT2D eigenvalue weighted by Gasteiger charge is -2.25. The van der Waals surface area contributed by atoms with E-state index in [1.165, 1.54) is 6.33 Å². The summed E-state index contributed by atoms with van der Waals surface area (Å²) in [7, 11) is 1.77. The van der Waals surface area contributed by atoms with Gasteiger partial charge in [-0.05, 0) is 24.6 Å². The Morgan fingerprint density at radius 3 is 2.37 bits per heavy atom. The number of carbonyl (C=O) groups is 2. The molecule has 0 bridgehead atoms. The average molecular weight is 362 g/mol. The topological polar surface area (TPSA) is 68.1 Å². The molecule has 0 aliphatic carbocycles. The summed E-state index contributed by atoms with van der Waals surface area (Å²) in [5, 5.41) is 4.10. The minimum Gasteiger partial charge on any atom is -0.339 e. The molecule has 6 nitrogen and oxygen atoms in total. The van der Waals surface area contributed by atoms with Crippen molar-refractivity contribution in [2.24, 2.45) is 0 Å². The number of hydrogen-bond donors (Lipinski definition) is 0. The molecule has 0 unspecified atom stereocenters. The van der Waals surface area contributed by atoms with E-state index in [4.69, 9.17) is 0 Å². The Labute approximate surface area is 158 Å². The van der Waals surface area contributed by atoms with Crippen LogP contribution < -0.4 is 0 Å². The van der Waals surface area contributed by atoms with Crippen LogP contribution in [0.5, 0.6) is 0 Å². The molecule has 2 aromatic carbocycles. The second-order valence-electron chi connectivity index (χ2n) is 6.40. The number of carbonyl (C=O) groups excluding carboxylic acids is 2. The molecular weight excluding hydrogens is 340 g/mol. The molecule has 0 saturated carbocycles. The van der Waals surface area contributed by atoms with E-state index in [9.17, 15) is 9.59 Å². The molecule has 1 heterocycles. The van der Waals surface area contributed by atoms with Gasteiger partial charge in [-0.1, -0.05) is 42.5 Å². The first-order valence-corrected chi connectivity index (χ1v) is 8.85. The number of benzene rings is 2. The van der Waals surface area contributed by atoms with E-state index in [-0.39, 0.29) is 30.6 Å². The Morgan fingerprint density at radius 1 is 1.04 bits per heavy atom. The normalized spacial score (nSPS) is 11.8. The Kier molecular flexibility index (Phi) is 5.76. The smallest absolute Gasteiger partial charge is 0.223 e. The number of nitrogens with zero attached hydrogens (tertiary/aromatic N) is 4. The fraction of sp³-hybridized carbons (Fsp3) is 0.238. The predicted molar refractivity (Wildman–Crippen MR) is 103 cm³/mol. The highest BCUT2D eigenvalue weighted by molar-refractivity contribution is 5.97. The molecule has 27 heavy (non-hydrogen) atoms. The van der Waals surface area contributed by atoms with Crippen LogP contribution in [0.1, 0.15) is 41.7 Å². The van der Waals surface area contributed by atoms with Crippen LogP contribution in [0, 0.1) is 0 Å². The summed E-state index contributed by atoms with van der Waals surface area (Å²) < 4.78 is 1.68. The van der Waals surface area contributed by atoms with Gasteiger partial charge in [-0.3, -0.25) is 9.59 Å². The van der Waals surface area contributed by atoms with Crippen LogP contribution in [-0.4, -0.2) is 38.4 Å². The van der Waals surface area contributed by atoms with Crippen molar-refractivity contribution in [2.45, 2.75) is 25.8 Å². The van der Waals surface area contributed by atoms with Crippen LogP contribution in [0.4, 0.5) is 0 Å². The fourth-order valence-electron chi connectivity index (χ4n) is 2.85. The number of ketones is 1. The van der Waals surface area contributed by atoms with E-state index < -0.39 is 0 Å². The zero-order valence-electron chi connectivity index (χ0n) is 15.4. The number of hydrogen-bond acceptors (Lipinski definition) is 4. The summed E-state index contributed by atoms with van der Waals surface area (Å²) in [5.41, 5.74) is 2.57. The highest BCUT2D eigenvalue weighted by atomic mass is 16.2. The Hall–Kier alpha value is -3.28. The third kappa shape index (κ3) is 4.47. The molecule has 1 amide bonds. The van der Waals surface area contributed by atoms with Gasteiger partial charge in [0.1, 0.15) is 12.7 Å². The van der Waals surface area contributed by atoms with Gasteiger partial charge in [0.25, 0.3) is 0 Å². The maximum absolute atomic E-state index is 12.5. The van der Waals surface area contributed by atoms with Gasteiger partial charge in [0, 0.05) is 25.5 Å². The summed E-state index contributed by atoms with van der Waals surface area (Å²) in [4.78, 5) is 30.3. The summed E-state index contributed by atoms with van der Waals surface area (Å²) >= 11 is 0. The zero-order chi connectivity index (χ0) is 19.2. The van der Waals surface area contributed by atoms with Crippen molar-refractivity contribution < 1.29 is 9.59 Å². The molecule has 0 radical (unpaired) electrons. The first-order chi connectivity index (χ1) is 13.1. The van der Waals surface area contributed by atoms with Crippen molar-refractivity contribution in [3.63, 3.8) is 0 Å². The molecule has 0 aliphatic heterocycles. The van der Waals surface area contributed by atoms with E-state index in [2.05, 4.69) is 10.1 Å². The molecule has 1 aromatic heterocycles. The van der Waals surface area contributed by atoms with Crippen LogP contribution >= 0.6 is 0 Å². The molecule has 3 aromatic rings. The number of Topliss-reactive ketones (excluding diaryl/α,β-unsaturated/α-hetero) is 1. The first-order valence-electron chi connectivity index (χ1n) is 8.85. The van der Waals surface area contributed by atoms with E-state index in [0.717, 1.165) is 11.3 Å². The van der Waals surface area contributed by atoms with Crippen molar-refractivity contribution in [3.8, 4) is 5.69 Å². The van der Waals surface area contributed by atoms with Crippen molar-refractivity contribution in [1.82, 2.24) is 19.7 Å². The lowest BCUT2D eigenvalue weighted by molar-refractivity contribution is -0.131. The standard InChI is InChI=1S/C21H22N4O2/c1-16(17-8-10-19(11-9-17)25-15-22-14-23-25)24(2)21(27)13-12-20(26)18-6-4-3-5-7-18/h3-11,14-16H,12-13H2,1-2H3/t16-/m1/s1. The quantitative estimate of drug-likeness (QED) is 0.604. The molecular formula is C21H22N4O2. The summed E-state index contributed by atoms with van der Waals surface area (Å²) in [6.07, 6.45) is 3.54. The SMILES string of the molecule is C[C@H](c1ccc(-n2cncn2)cc1)N(C)C(=O)CCC(=O)c1ccccc1. The van der Waals surface area contributed by atoms with E-state index >= 15 is 0 Å². The van der Waals surface area contributed by atoms with Gasteiger partial charge >= 0.3 is 0 Å². The van der Waals surface area contributed by atoms with Gasteiger partial charge in [-0.25, -0.2) is 9.67 Å². The van der Waals surface area contributed by atoms with E-state index in [0.29, 0.717) is 5.56 Å². The summed E-state index contributed by atoms with van der Waals surface area (Å²) in [6, 6.07) is 16.8. The maximum atomic E-state index is 12.5. The third-order valence-electron chi connectivity index (χ3n) is 4.69. The zero-order valence-corrected chi connectivity index (χ0v) is 15.4. The molecule has 0 aliphatic rings. The van der Waals surface area contributed by atoms with Crippen LogP contribution in [0.25, 0.3) is 5.69 Å². The fourth-order valence-corrected chi connectivity index (χ4v) is 2.85. The molecule has 3 rings (SSSR count). The Bertz CT molecular complexity index is 890. The first kappa shape index (κ1) is 18.5. The molecule has 0 fully saturated rings. The summed E-state index contributed by atoms with van der Waals surface area (Å²) in [5.74, 6) is -0.0608. The molecule has 6 heteroatoms. The van der Waals surface area contributed by atoms with Crippen molar-refractivity contribution in [1.29, 1.82) is 0 Å². The minimum atomic E-state index is -0.0888. The summed E-state index contributed by atoms with van der Waals surface area (Å²) in [6.45, 7) is 1.97. The highest BCUT2D eigenvalue weighted by Crippen LogP contribution is 2.21. The predicted octanol–water partition coefficient (Wildman–Crippen LogP) is 3.45. The van der Waals surface area contributed by atoms with Crippen LogP contribution in [0.15, 0.2) is 67.3 Å². The molecule has 0 N–H and O–H groups in total. The minimum absolute atomic E-state index is 0.0119. The Morgan fingerprint density at radius 2 is 1.74 bits per heavy atom. The lowest BCUT2D eigenvalue weighted by Crippen LogP contribution is -2.29. The number of aromatic nitrogens is 3. The van der Waals surface area contributed by atoms with Gasteiger partial charge in [0.2, 0.25) is 5.91 Å². The van der Waals surface area contributed by atoms with Gasteiger partial charge in [-0.2, -0.15) is 5.10 Å². The molecule has 1 atom stereocenters. The molecule has 0 saturated heterocycles. The van der Waals surface area contributed by atoms with Gasteiger partial charge in [0.05, 0.1) is 11.7 Å².